The van der Waals surface area contributed by atoms with Crippen LogP contribution in [-0.4, -0.2) is 28.9 Å². The third kappa shape index (κ3) is 3.50. The molecule has 2 aliphatic carbocycles. The lowest BCUT2D eigenvalue weighted by atomic mass is 9.88. The Morgan fingerprint density at radius 1 is 1.19 bits per heavy atom. The van der Waals surface area contributed by atoms with Crippen LogP contribution in [0.5, 0.6) is 0 Å². The van der Waals surface area contributed by atoms with E-state index in [1.165, 1.54) is 24.0 Å². The Balaban J connectivity index is 1.79. The van der Waals surface area contributed by atoms with Crippen molar-refractivity contribution >= 4 is 11.8 Å². The van der Waals surface area contributed by atoms with Crippen molar-refractivity contribution in [3.8, 4) is 0 Å². The summed E-state index contributed by atoms with van der Waals surface area (Å²) < 4.78 is 0. The van der Waals surface area contributed by atoms with Crippen LogP contribution in [0.2, 0.25) is 0 Å². The molecular formula is C17H21NO3. The Hall–Kier alpha value is -1.68. The first-order chi connectivity index (χ1) is 10.1. The van der Waals surface area contributed by atoms with Crippen molar-refractivity contribution in [3.63, 3.8) is 0 Å². The molecule has 2 aliphatic rings. The van der Waals surface area contributed by atoms with Crippen molar-refractivity contribution in [3.05, 3.63) is 34.9 Å². The number of carboxylic acids is 1. The highest BCUT2D eigenvalue weighted by atomic mass is 16.4. The molecule has 0 bridgehead atoms. The van der Waals surface area contributed by atoms with E-state index in [-0.39, 0.29) is 12.2 Å². The second kappa shape index (κ2) is 5.98. The van der Waals surface area contributed by atoms with Crippen LogP contribution in [0.15, 0.2) is 18.2 Å². The Morgan fingerprint density at radius 3 is 2.57 bits per heavy atom. The zero-order valence-electron chi connectivity index (χ0n) is 12.1. The molecule has 1 aromatic carbocycles. The van der Waals surface area contributed by atoms with Crippen LogP contribution in [0.3, 0.4) is 0 Å². The minimum Gasteiger partial charge on any atom is -0.481 e. The van der Waals surface area contributed by atoms with Gasteiger partial charge < -0.3 is 10.4 Å². The van der Waals surface area contributed by atoms with E-state index in [2.05, 4.69) is 5.32 Å². The number of ketones is 1. The number of Topliss-reactive ketones (excluding diaryl/α,β-unsaturated/α-hetero) is 1. The fraction of sp³-hybridized carbons (Fsp3) is 0.529. The Morgan fingerprint density at radius 2 is 1.90 bits per heavy atom. The summed E-state index contributed by atoms with van der Waals surface area (Å²) in [6, 6.07) is 5.58. The standard InChI is InChI=1S/C17H21NO3/c19-16(20)10-15(18-14-7-8-14)17(21)13-6-5-11-3-1-2-4-12(11)9-13/h5-6,9,14-15,18H,1-4,7-8,10H2,(H,19,20). The molecule has 3 rings (SSSR count). The van der Waals surface area contributed by atoms with Gasteiger partial charge in [-0.2, -0.15) is 0 Å². The molecule has 4 heteroatoms. The monoisotopic (exact) mass is 287 g/mol. The van der Waals surface area contributed by atoms with Gasteiger partial charge in [0.05, 0.1) is 12.5 Å². The number of aliphatic carboxylic acids is 1. The predicted molar refractivity (Wildman–Crippen MR) is 79.6 cm³/mol. The van der Waals surface area contributed by atoms with Crippen LogP contribution in [-0.2, 0) is 17.6 Å². The number of carboxylic acid groups (broad SMARTS) is 1. The minimum absolute atomic E-state index is 0.0855. The fourth-order valence-corrected chi connectivity index (χ4v) is 3.02. The molecule has 1 saturated carbocycles. The summed E-state index contributed by atoms with van der Waals surface area (Å²) in [6.45, 7) is 0. The SMILES string of the molecule is O=C(O)CC(NC1CC1)C(=O)c1ccc2c(c1)CCCC2. The maximum absolute atomic E-state index is 12.6. The second-order valence-electron chi connectivity index (χ2n) is 6.15. The summed E-state index contributed by atoms with van der Waals surface area (Å²) in [4.78, 5) is 23.6. The van der Waals surface area contributed by atoms with Gasteiger partial charge in [-0.05, 0) is 55.7 Å². The van der Waals surface area contributed by atoms with E-state index in [0.717, 1.165) is 25.7 Å². The molecule has 21 heavy (non-hydrogen) atoms. The van der Waals surface area contributed by atoms with E-state index in [0.29, 0.717) is 11.6 Å². The van der Waals surface area contributed by atoms with Crippen molar-refractivity contribution < 1.29 is 14.7 Å². The minimum atomic E-state index is -0.931. The quantitative estimate of drug-likeness (QED) is 0.788. The molecule has 1 unspecified atom stereocenters. The molecule has 0 heterocycles. The molecular weight excluding hydrogens is 266 g/mol. The highest BCUT2D eigenvalue weighted by Gasteiger charge is 2.30. The summed E-state index contributed by atoms with van der Waals surface area (Å²) >= 11 is 0. The van der Waals surface area contributed by atoms with Gasteiger partial charge in [-0.1, -0.05) is 12.1 Å². The number of hydrogen-bond donors (Lipinski definition) is 2. The summed E-state index contributed by atoms with van der Waals surface area (Å²) in [7, 11) is 0. The third-order valence-electron chi connectivity index (χ3n) is 4.34. The second-order valence-corrected chi connectivity index (χ2v) is 6.15. The largest absolute Gasteiger partial charge is 0.481 e. The zero-order valence-corrected chi connectivity index (χ0v) is 12.1. The fourth-order valence-electron chi connectivity index (χ4n) is 3.02. The summed E-state index contributed by atoms with van der Waals surface area (Å²) in [5.41, 5.74) is 3.24. The normalized spacial score (nSPS) is 18.9. The van der Waals surface area contributed by atoms with Gasteiger partial charge in [0.2, 0.25) is 0 Å². The number of benzene rings is 1. The molecule has 0 saturated heterocycles. The predicted octanol–water partition coefficient (Wildman–Crippen LogP) is 2.34. The molecule has 4 nitrogen and oxygen atoms in total. The van der Waals surface area contributed by atoms with Crippen LogP contribution in [0.25, 0.3) is 0 Å². The number of fused-ring (bicyclic) bond motifs is 1. The lowest BCUT2D eigenvalue weighted by molar-refractivity contribution is -0.137. The average Bonchev–Trinajstić information content (AvgIpc) is 3.29. The van der Waals surface area contributed by atoms with Gasteiger partial charge in [0.15, 0.2) is 5.78 Å². The van der Waals surface area contributed by atoms with Crippen LogP contribution in [0.4, 0.5) is 0 Å². The molecule has 1 fully saturated rings. The molecule has 0 radical (unpaired) electrons. The van der Waals surface area contributed by atoms with Crippen molar-refractivity contribution in [1.29, 1.82) is 0 Å². The highest BCUT2D eigenvalue weighted by molar-refractivity contribution is 6.02. The van der Waals surface area contributed by atoms with E-state index in [4.69, 9.17) is 5.11 Å². The van der Waals surface area contributed by atoms with Crippen molar-refractivity contribution in [1.82, 2.24) is 5.32 Å². The van der Waals surface area contributed by atoms with Crippen LogP contribution in [0, 0.1) is 0 Å². The van der Waals surface area contributed by atoms with E-state index in [1.807, 2.05) is 18.2 Å². The van der Waals surface area contributed by atoms with Crippen LogP contribution >= 0.6 is 0 Å². The molecule has 0 aromatic heterocycles. The molecule has 1 aromatic rings. The van der Waals surface area contributed by atoms with Crippen LogP contribution < -0.4 is 5.32 Å². The van der Waals surface area contributed by atoms with Gasteiger partial charge >= 0.3 is 5.97 Å². The zero-order chi connectivity index (χ0) is 14.8. The number of aryl methyl sites for hydroxylation is 2. The first-order valence-electron chi connectivity index (χ1n) is 7.77. The van der Waals surface area contributed by atoms with Gasteiger partial charge in [-0.25, -0.2) is 0 Å². The average molecular weight is 287 g/mol. The first kappa shape index (κ1) is 14.3. The van der Waals surface area contributed by atoms with Gasteiger partial charge in [0, 0.05) is 11.6 Å². The van der Waals surface area contributed by atoms with E-state index < -0.39 is 12.0 Å². The number of carbonyl (C=O) groups excluding carboxylic acids is 1. The lowest BCUT2D eigenvalue weighted by Crippen LogP contribution is -2.40. The maximum atomic E-state index is 12.6. The Kier molecular flexibility index (Phi) is 4.06. The van der Waals surface area contributed by atoms with Crippen LogP contribution in [0.1, 0.15) is 53.6 Å². The Labute approximate surface area is 124 Å². The smallest absolute Gasteiger partial charge is 0.305 e. The van der Waals surface area contributed by atoms with E-state index >= 15 is 0 Å². The first-order valence-corrected chi connectivity index (χ1v) is 7.77. The highest BCUT2D eigenvalue weighted by Crippen LogP contribution is 2.24. The molecule has 0 amide bonds. The maximum Gasteiger partial charge on any atom is 0.305 e. The summed E-state index contributed by atoms with van der Waals surface area (Å²) in [6.07, 6.45) is 6.42. The van der Waals surface area contributed by atoms with Gasteiger partial charge in [-0.3, -0.25) is 9.59 Å². The Bertz CT molecular complexity index is 563. The van der Waals surface area contributed by atoms with Gasteiger partial charge in [-0.15, -0.1) is 0 Å². The number of carbonyl (C=O) groups is 2. The molecule has 0 spiro atoms. The van der Waals surface area contributed by atoms with Crippen molar-refractivity contribution in [2.24, 2.45) is 0 Å². The van der Waals surface area contributed by atoms with Gasteiger partial charge in [0.25, 0.3) is 0 Å². The number of nitrogens with one attached hydrogen (secondary N) is 1. The van der Waals surface area contributed by atoms with Crippen molar-refractivity contribution in [2.45, 2.75) is 57.0 Å². The van der Waals surface area contributed by atoms with Gasteiger partial charge in [0.1, 0.15) is 0 Å². The summed E-state index contributed by atoms with van der Waals surface area (Å²) in [5.74, 6) is -1.02. The van der Waals surface area contributed by atoms with E-state index in [9.17, 15) is 9.59 Å². The lowest BCUT2D eigenvalue weighted by Gasteiger charge is -2.19. The topological polar surface area (TPSA) is 66.4 Å². The molecule has 1 atom stereocenters. The summed E-state index contributed by atoms with van der Waals surface area (Å²) in [5, 5.41) is 12.2. The molecule has 112 valence electrons. The number of hydrogen-bond acceptors (Lipinski definition) is 3. The van der Waals surface area contributed by atoms with Crippen molar-refractivity contribution in [2.75, 3.05) is 0 Å². The van der Waals surface area contributed by atoms with E-state index in [1.54, 1.807) is 0 Å². The third-order valence-corrected chi connectivity index (χ3v) is 4.34. The molecule has 0 aliphatic heterocycles. The number of rotatable bonds is 6. The molecule has 2 N–H and O–H groups in total.